The van der Waals surface area contributed by atoms with Crippen LogP contribution in [0.4, 0.5) is 0 Å². The number of nitrogens with zero attached hydrogens (tertiary/aromatic N) is 2. The van der Waals surface area contributed by atoms with E-state index >= 15 is 0 Å². The summed E-state index contributed by atoms with van der Waals surface area (Å²) < 4.78 is 0. The Bertz CT molecular complexity index is 282. The third-order valence-corrected chi connectivity index (χ3v) is 1.29. The topological polar surface area (TPSA) is 53.8 Å². The number of amides is 1. The molecular weight excluding hydrogens is 154 g/mol. The van der Waals surface area contributed by atoms with Gasteiger partial charge in [0, 0.05) is 5.56 Å². The van der Waals surface area contributed by atoms with Gasteiger partial charge in [-0.05, 0) is 12.1 Å². The minimum atomic E-state index is -0.249. The Kier molecular flexibility index (Phi) is 2.95. The van der Waals surface area contributed by atoms with Gasteiger partial charge in [0.25, 0.3) is 5.91 Å². The molecule has 0 saturated carbocycles. The monoisotopic (exact) mass is 163 g/mol. The highest BCUT2D eigenvalue weighted by molar-refractivity contribution is 5.93. The SMILES string of the molecule is CN=NNC(=O)c1ccccc1. The molecule has 0 aliphatic rings. The third kappa shape index (κ3) is 2.16. The van der Waals surface area contributed by atoms with Crippen molar-refractivity contribution in [1.29, 1.82) is 0 Å². The predicted molar refractivity (Wildman–Crippen MR) is 44.7 cm³/mol. The maximum absolute atomic E-state index is 11.1. The molecule has 0 aliphatic heterocycles. The van der Waals surface area contributed by atoms with E-state index in [1.54, 1.807) is 24.3 Å². The molecule has 12 heavy (non-hydrogen) atoms. The maximum atomic E-state index is 11.1. The van der Waals surface area contributed by atoms with E-state index in [4.69, 9.17) is 0 Å². The summed E-state index contributed by atoms with van der Waals surface area (Å²) in [6.45, 7) is 0. The molecule has 0 fully saturated rings. The van der Waals surface area contributed by atoms with E-state index in [1.807, 2.05) is 6.07 Å². The zero-order valence-electron chi connectivity index (χ0n) is 6.69. The third-order valence-electron chi connectivity index (χ3n) is 1.29. The van der Waals surface area contributed by atoms with Gasteiger partial charge in [-0.1, -0.05) is 23.4 Å². The number of nitrogens with one attached hydrogen (secondary N) is 1. The lowest BCUT2D eigenvalue weighted by atomic mass is 10.2. The smallest absolute Gasteiger partial charge is 0.267 e. The molecule has 1 N–H and O–H groups in total. The summed E-state index contributed by atoms with van der Waals surface area (Å²) in [7, 11) is 1.49. The zero-order chi connectivity index (χ0) is 8.81. The average molecular weight is 163 g/mol. The van der Waals surface area contributed by atoms with Gasteiger partial charge in [-0.25, -0.2) is 5.43 Å². The first-order valence-electron chi connectivity index (χ1n) is 3.49. The van der Waals surface area contributed by atoms with Crippen LogP contribution in [0.2, 0.25) is 0 Å². The van der Waals surface area contributed by atoms with Crippen molar-refractivity contribution in [3.63, 3.8) is 0 Å². The molecule has 0 aromatic heterocycles. The van der Waals surface area contributed by atoms with Crippen molar-refractivity contribution < 1.29 is 4.79 Å². The highest BCUT2D eigenvalue weighted by atomic mass is 16.2. The Balaban J connectivity index is 2.66. The molecule has 0 spiro atoms. The molecule has 0 bridgehead atoms. The maximum Gasteiger partial charge on any atom is 0.272 e. The molecule has 0 atom stereocenters. The van der Waals surface area contributed by atoms with Gasteiger partial charge in [0.05, 0.1) is 7.05 Å². The lowest BCUT2D eigenvalue weighted by molar-refractivity contribution is 0.0951. The number of rotatable bonds is 2. The van der Waals surface area contributed by atoms with Gasteiger partial charge in [0.2, 0.25) is 0 Å². The molecule has 0 heterocycles. The van der Waals surface area contributed by atoms with Crippen LogP contribution in [0.25, 0.3) is 0 Å². The van der Waals surface area contributed by atoms with Gasteiger partial charge in [-0.3, -0.25) is 4.79 Å². The number of hydrogen-bond donors (Lipinski definition) is 1. The standard InChI is InChI=1S/C8H9N3O/c1-9-11-10-8(12)7-5-3-2-4-6-7/h2-6H,1H3,(H,9,10,12). The summed E-state index contributed by atoms with van der Waals surface area (Å²) in [6, 6.07) is 8.84. The average Bonchev–Trinajstić information content (AvgIpc) is 2.15. The van der Waals surface area contributed by atoms with E-state index in [-0.39, 0.29) is 5.91 Å². The van der Waals surface area contributed by atoms with Gasteiger partial charge in [-0.15, -0.1) is 0 Å². The quantitative estimate of drug-likeness (QED) is 0.520. The Morgan fingerprint density at radius 3 is 2.58 bits per heavy atom. The summed E-state index contributed by atoms with van der Waals surface area (Å²) in [5.41, 5.74) is 2.84. The van der Waals surface area contributed by atoms with E-state index in [9.17, 15) is 4.79 Å². The molecule has 0 unspecified atom stereocenters. The van der Waals surface area contributed by atoms with Crippen LogP contribution in [0.1, 0.15) is 10.4 Å². The molecule has 62 valence electrons. The summed E-state index contributed by atoms with van der Waals surface area (Å²) in [6.07, 6.45) is 0. The number of hydrogen-bond acceptors (Lipinski definition) is 3. The molecule has 1 aromatic rings. The number of benzene rings is 1. The van der Waals surface area contributed by atoms with E-state index in [1.165, 1.54) is 7.05 Å². The highest BCUT2D eigenvalue weighted by Gasteiger charge is 2.00. The molecular formula is C8H9N3O. The Morgan fingerprint density at radius 2 is 2.00 bits per heavy atom. The molecule has 0 radical (unpaired) electrons. The van der Waals surface area contributed by atoms with Crippen LogP contribution in [0, 0.1) is 0 Å². The molecule has 1 rings (SSSR count). The summed E-state index contributed by atoms with van der Waals surface area (Å²) >= 11 is 0. The predicted octanol–water partition coefficient (Wildman–Crippen LogP) is 1.41. The van der Waals surface area contributed by atoms with Crippen LogP contribution >= 0.6 is 0 Å². The van der Waals surface area contributed by atoms with Crippen molar-refractivity contribution in [2.24, 2.45) is 10.3 Å². The minimum Gasteiger partial charge on any atom is -0.267 e. The fourth-order valence-electron chi connectivity index (χ4n) is 0.749. The number of carbonyl (C=O) groups excluding carboxylic acids is 1. The Labute approximate surface area is 70.3 Å². The van der Waals surface area contributed by atoms with Crippen LogP contribution in [-0.4, -0.2) is 13.0 Å². The largest absolute Gasteiger partial charge is 0.272 e. The van der Waals surface area contributed by atoms with Gasteiger partial charge in [0.15, 0.2) is 0 Å². The summed E-state index contributed by atoms with van der Waals surface area (Å²) in [5, 5.41) is 6.77. The second kappa shape index (κ2) is 4.23. The second-order valence-electron chi connectivity index (χ2n) is 2.11. The molecule has 0 aliphatic carbocycles. The van der Waals surface area contributed by atoms with Crippen molar-refractivity contribution in [2.75, 3.05) is 7.05 Å². The first-order chi connectivity index (χ1) is 5.84. The van der Waals surface area contributed by atoms with Gasteiger partial charge in [0.1, 0.15) is 0 Å². The van der Waals surface area contributed by atoms with Crippen molar-refractivity contribution in [3.8, 4) is 0 Å². The van der Waals surface area contributed by atoms with Crippen molar-refractivity contribution >= 4 is 5.91 Å². The number of carbonyl (C=O) groups is 1. The van der Waals surface area contributed by atoms with Crippen LogP contribution < -0.4 is 5.43 Å². The second-order valence-corrected chi connectivity index (χ2v) is 2.11. The molecule has 1 aromatic carbocycles. The lowest BCUT2D eigenvalue weighted by Gasteiger charge is -1.96. The Morgan fingerprint density at radius 1 is 1.33 bits per heavy atom. The molecule has 1 amide bonds. The summed E-state index contributed by atoms with van der Waals surface area (Å²) in [5.74, 6) is -0.249. The zero-order valence-corrected chi connectivity index (χ0v) is 6.69. The van der Waals surface area contributed by atoms with E-state index < -0.39 is 0 Å². The summed E-state index contributed by atoms with van der Waals surface area (Å²) in [4.78, 5) is 11.1. The van der Waals surface area contributed by atoms with Gasteiger partial charge < -0.3 is 0 Å². The minimum absolute atomic E-state index is 0.249. The van der Waals surface area contributed by atoms with Crippen LogP contribution in [-0.2, 0) is 0 Å². The van der Waals surface area contributed by atoms with E-state index in [0.717, 1.165) is 0 Å². The molecule has 4 heteroatoms. The fraction of sp³-hybridized carbons (Fsp3) is 0.125. The molecule has 4 nitrogen and oxygen atoms in total. The normalized spacial score (nSPS) is 10.1. The van der Waals surface area contributed by atoms with Gasteiger partial charge >= 0.3 is 0 Å². The highest BCUT2D eigenvalue weighted by Crippen LogP contribution is 1.97. The van der Waals surface area contributed by atoms with Crippen molar-refractivity contribution in [2.45, 2.75) is 0 Å². The fourth-order valence-corrected chi connectivity index (χ4v) is 0.749. The Hall–Kier alpha value is -1.71. The molecule has 0 saturated heterocycles. The first kappa shape index (κ1) is 8.39. The first-order valence-corrected chi connectivity index (χ1v) is 3.49. The van der Waals surface area contributed by atoms with E-state index in [0.29, 0.717) is 5.56 Å². The van der Waals surface area contributed by atoms with Crippen LogP contribution in [0.5, 0.6) is 0 Å². The van der Waals surface area contributed by atoms with Gasteiger partial charge in [-0.2, -0.15) is 5.11 Å². The van der Waals surface area contributed by atoms with Crippen LogP contribution in [0.3, 0.4) is 0 Å². The van der Waals surface area contributed by atoms with E-state index in [2.05, 4.69) is 15.8 Å². The van der Waals surface area contributed by atoms with Crippen molar-refractivity contribution in [3.05, 3.63) is 35.9 Å². The van der Waals surface area contributed by atoms with Crippen LogP contribution in [0.15, 0.2) is 40.7 Å². The lowest BCUT2D eigenvalue weighted by Crippen LogP contribution is -2.16. The van der Waals surface area contributed by atoms with Crippen molar-refractivity contribution in [1.82, 2.24) is 5.43 Å².